The molecular formula is C28H20FNO4. The number of hydrogen-bond acceptors (Lipinski definition) is 5. The SMILES string of the molecule is O=C(COC(=O)c1c2c(nc3ccccc13)/C(=C/c1ccc(O)cc1)CC2)c1ccc(F)cc1. The van der Waals surface area contributed by atoms with Crippen molar-refractivity contribution in [2.75, 3.05) is 6.61 Å². The van der Waals surface area contributed by atoms with Gasteiger partial charge in [0.2, 0.25) is 0 Å². The largest absolute Gasteiger partial charge is 0.508 e. The van der Waals surface area contributed by atoms with Crippen molar-refractivity contribution in [3.05, 3.63) is 107 Å². The Balaban J connectivity index is 1.48. The number of esters is 1. The van der Waals surface area contributed by atoms with Crippen molar-refractivity contribution in [3.8, 4) is 5.75 Å². The number of allylic oxidation sites excluding steroid dienone is 1. The third-order valence-corrected chi connectivity index (χ3v) is 5.88. The number of benzene rings is 3. The van der Waals surface area contributed by atoms with Gasteiger partial charge in [-0.3, -0.25) is 4.79 Å². The second-order valence-electron chi connectivity index (χ2n) is 8.10. The van der Waals surface area contributed by atoms with E-state index in [4.69, 9.17) is 9.72 Å². The lowest BCUT2D eigenvalue weighted by atomic mass is 10.0. The van der Waals surface area contributed by atoms with E-state index in [9.17, 15) is 19.1 Å². The molecule has 0 spiro atoms. The number of carbonyl (C=O) groups is 2. The molecule has 4 aromatic rings. The fraction of sp³-hybridized carbons (Fsp3) is 0.107. The molecule has 3 aromatic carbocycles. The minimum Gasteiger partial charge on any atom is -0.508 e. The Labute approximate surface area is 195 Å². The van der Waals surface area contributed by atoms with Crippen LogP contribution in [0.15, 0.2) is 72.8 Å². The molecule has 1 N–H and O–H groups in total. The van der Waals surface area contributed by atoms with Crippen molar-refractivity contribution in [3.63, 3.8) is 0 Å². The number of ketones is 1. The van der Waals surface area contributed by atoms with Gasteiger partial charge in [0.1, 0.15) is 11.6 Å². The summed E-state index contributed by atoms with van der Waals surface area (Å²) in [4.78, 5) is 30.4. The Morgan fingerprint density at radius 1 is 0.971 bits per heavy atom. The highest BCUT2D eigenvalue weighted by Crippen LogP contribution is 2.38. The van der Waals surface area contributed by atoms with E-state index in [0.29, 0.717) is 29.3 Å². The summed E-state index contributed by atoms with van der Waals surface area (Å²) in [6.45, 7) is -0.438. The summed E-state index contributed by atoms with van der Waals surface area (Å²) in [5.74, 6) is -1.24. The Bertz CT molecular complexity index is 1440. The molecule has 0 saturated carbocycles. The first-order valence-corrected chi connectivity index (χ1v) is 10.9. The van der Waals surface area contributed by atoms with Crippen LogP contribution in [-0.4, -0.2) is 28.4 Å². The maximum absolute atomic E-state index is 13.2. The number of Topliss-reactive ketones (excluding diaryl/α,β-unsaturated/α-hetero) is 1. The van der Waals surface area contributed by atoms with Crippen LogP contribution < -0.4 is 0 Å². The number of para-hydroxylation sites is 1. The summed E-state index contributed by atoms with van der Waals surface area (Å²) < 4.78 is 18.5. The number of aromatic hydroxyl groups is 1. The van der Waals surface area contributed by atoms with E-state index in [2.05, 4.69) is 0 Å². The molecule has 0 radical (unpaired) electrons. The van der Waals surface area contributed by atoms with Crippen molar-refractivity contribution >= 4 is 34.3 Å². The van der Waals surface area contributed by atoms with Gasteiger partial charge in [0.25, 0.3) is 0 Å². The molecule has 0 saturated heterocycles. The zero-order valence-electron chi connectivity index (χ0n) is 18.1. The number of nitrogens with zero attached hydrogens (tertiary/aromatic N) is 1. The van der Waals surface area contributed by atoms with Gasteiger partial charge in [-0.05, 0) is 78.1 Å². The van der Waals surface area contributed by atoms with E-state index >= 15 is 0 Å². The van der Waals surface area contributed by atoms with Crippen molar-refractivity contribution in [1.29, 1.82) is 0 Å². The topological polar surface area (TPSA) is 76.5 Å². The maximum atomic E-state index is 13.2. The van der Waals surface area contributed by atoms with Gasteiger partial charge >= 0.3 is 5.97 Å². The molecule has 1 heterocycles. The van der Waals surface area contributed by atoms with E-state index in [1.165, 1.54) is 24.3 Å². The summed E-state index contributed by atoms with van der Waals surface area (Å²) in [6, 6.07) is 19.3. The molecular weight excluding hydrogens is 433 g/mol. The quantitative estimate of drug-likeness (QED) is 0.314. The normalized spacial score (nSPS) is 13.7. The standard InChI is InChI=1S/C28H20FNO4/c29-20-10-7-18(8-11-20)25(32)16-34-28(33)26-22-3-1-2-4-24(22)30-27-19(9-14-23(26)27)15-17-5-12-21(31)13-6-17/h1-8,10-13,15,31H,9,14,16H2/b19-15+. The van der Waals surface area contributed by atoms with Crippen LogP contribution in [0, 0.1) is 5.82 Å². The molecule has 1 aromatic heterocycles. The highest BCUT2D eigenvalue weighted by molar-refractivity contribution is 6.08. The first-order chi connectivity index (χ1) is 16.5. The van der Waals surface area contributed by atoms with Crippen LogP contribution >= 0.6 is 0 Å². The van der Waals surface area contributed by atoms with Crippen LogP contribution in [-0.2, 0) is 11.2 Å². The van der Waals surface area contributed by atoms with Crippen LogP contribution in [0.1, 0.15) is 44.0 Å². The van der Waals surface area contributed by atoms with Crippen molar-refractivity contribution in [2.24, 2.45) is 0 Å². The Hall–Kier alpha value is -4.32. The predicted octanol–water partition coefficient (Wildman–Crippen LogP) is 5.61. The highest BCUT2D eigenvalue weighted by Gasteiger charge is 2.28. The third-order valence-electron chi connectivity index (χ3n) is 5.88. The molecule has 5 rings (SSSR count). The lowest BCUT2D eigenvalue weighted by Gasteiger charge is -2.12. The number of fused-ring (bicyclic) bond motifs is 2. The van der Waals surface area contributed by atoms with E-state index < -0.39 is 24.2 Å². The van der Waals surface area contributed by atoms with Crippen LogP contribution in [0.4, 0.5) is 4.39 Å². The molecule has 1 aliphatic rings. The smallest absolute Gasteiger partial charge is 0.339 e. The molecule has 34 heavy (non-hydrogen) atoms. The summed E-state index contributed by atoms with van der Waals surface area (Å²) in [5, 5.41) is 10.2. The molecule has 0 bridgehead atoms. The monoisotopic (exact) mass is 453 g/mol. The zero-order chi connectivity index (χ0) is 23.7. The number of pyridine rings is 1. The van der Waals surface area contributed by atoms with Crippen molar-refractivity contribution in [1.82, 2.24) is 4.98 Å². The molecule has 0 atom stereocenters. The molecule has 0 fully saturated rings. The highest BCUT2D eigenvalue weighted by atomic mass is 19.1. The molecule has 0 aliphatic heterocycles. The fourth-order valence-electron chi connectivity index (χ4n) is 4.21. The van der Waals surface area contributed by atoms with Crippen LogP contribution in [0.5, 0.6) is 5.75 Å². The fourth-order valence-corrected chi connectivity index (χ4v) is 4.21. The molecule has 1 aliphatic carbocycles. The minimum atomic E-state index is -0.587. The number of rotatable bonds is 5. The van der Waals surface area contributed by atoms with Crippen LogP contribution in [0.2, 0.25) is 0 Å². The third kappa shape index (κ3) is 4.18. The van der Waals surface area contributed by atoms with Gasteiger partial charge in [-0.2, -0.15) is 0 Å². The first-order valence-electron chi connectivity index (χ1n) is 10.9. The van der Waals surface area contributed by atoms with Crippen LogP contribution in [0.3, 0.4) is 0 Å². The molecule has 5 nitrogen and oxygen atoms in total. The van der Waals surface area contributed by atoms with Crippen molar-refractivity contribution < 1.29 is 23.8 Å². The average molecular weight is 453 g/mol. The molecule has 6 heteroatoms. The predicted molar refractivity (Wildman–Crippen MR) is 127 cm³/mol. The van der Waals surface area contributed by atoms with E-state index in [-0.39, 0.29) is 11.3 Å². The number of carbonyl (C=O) groups excluding carboxylic acids is 2. The van der Waals surface area contributed by atoms with Gasteiger partial charge in [-0.15, -0.1) is 0 Å². The Kier molecular flexibility index (Phi) is 5.64. The second kappa shape index (κ2) is 8.90. The van der Waals surface area contributed by atoms with E-state index in [1.807, 2.05) is 42.5 Å². The lowest BCUT2D eigenvalue weighted by molar-refractivity contribution is 0.0475. The first kappa shape index (κ1) is 21.5. The second-order valence-corrected chi connectivity index (χ2v) is 8.10. The molecule has 0 amide bonds. The average Bonchev–Trinajstić information content (AvgIpc) is 3.24. The number of aromatic nitrogens is 1. The number of halogens is 1. The summed E-state index contributed by atoms with van der Waals surface area (Å²) in [6.07, 6.45) is 3.32. The zero-order valence-corrected chi connectivity index (χ0v) is 18.1. The maximum Gasteiger partial charge on any atom is 0.339 e. The Morgan fingerprint density at radius 3 is 2.47 bits per heavy atom. The number of phenols is 1. The summed E-state index contributed by atoms with van der Waals surface area (Å²) in [7, 11) is 0. The van der Waals surface area contributed by atoms with Gasteiger partial charge in [-0.1, -0.05) is 30.3 Å². The van der Waals surface area contributed by atoms with Gasteiger partial charge < -0.3 is 9.84 Å². The van der Waals surface area contributed by atoms with Gasteiger partial charge in [0, 0.05) is 10.9 Å². The van der Waals surface area contributed by atoms with Gasteiger partial charge in [0.05, 0.1) is 16.8 Å². The number of ether oxygens (including phenoxy) is 1. The van der Waals surface area contributed by atoms with Gasteiger partial charge in [0.15, 0.2) is 12.4 Å². The van der Waals surface area contributed by atoms with E-state index in [1.54, 1.807) is 12.1 Å². The van der Waals surface area contributed by atoms with E-state index in [0.717, 1.165) is 22.4 Å². The number of phenolic OH excluding ortho intramolecular Hbond substituents is 1. The number of hydrogen-bond donors (Lipinski definition) is 1. The van der Waals surface area contributed by atoms with Gasteiger partial charge in [-0.25, -0.2) is 14.2 Å². The minimum absolute atomic E-state index is 0.193. The Morgan fingerprint density at radius 2 is 1.71 bits per heavy atom. The summed E-state index contributed by atoms with van der Waals surface area (Å²) >= 11 is 0. The van der Waals surface area contributed by atoms with Crippen LogP contribution in [0.25, 0.3) is 22.6 Å². The molecule has 0 unspecified atom stereocenters. The lowest BCUT2D eigenvalue weighted by Crippen LogP contribution is -2.16. The molecule has 168 valence electrons. The van der Waals surface area contributed by atoms with Crippen molar-refractivity contribution in [2.45, 2.75) is 12.8 Å². The summed E-state index contributed by atoms with van der Waals surface area (Å²) in [5.41, 5.74) is 4.80.